The summed E-state index contributed by atoms with van der Waals surface area (Å²) in [6, 6.07) is 13.6. The molecule has 1 amide bonds. The summed E-state index contributed by atoms with van der Waals surface area (Å²) in [5.74, 6) is -0.138. The average Bonchev–Trinajstić information content (AvgIpc) is 3.52. The third-order valence-corrected chi connectivity index (χ3v) is 5.53. The minimum Gasteiger partial charge on any atom is -0.377 e. The van der Waals surface area contributed by atoms with E-state index in [0.717, 1.165) is 32.5 Å². The zero-order chi connectivity index (χ0) is 20.4. The number of rotatable bonds is 6. The van der Waals surface area contributed by atoms with Crippen LogP contribution in [0.2, 0.25) is 0 Å². The Labute approximate surface area is 170 Å². The Morgan fingerprint density at radius 3 is 2.55 bits per heavy atom. The standard InChI is InChI=1S/C22H26N4O3/c1-16-3-2-4-17(13-16)15-24-9-11-25(12-10-24)22(27)18-5-8-20(23-19-6-7-19)21(14-18)26(28)29/h2-5,8,13-14,19,23H,6-7,9-12,15H2,1H3. The van der Waals surface area contributed by atoms with Gasteiger partial charge in [0.25, 0.3) is 11.6 Å². The van der Waals surface area contributed by atoms with Gasteiger partial charge in [-0.25, -0.2) is 0 Å². The lowest BCUT2D eigenvalue weighted by atomic mass is 10.1. The second-order valence-corrected chi connectivity index (χ2v) is 7.97. The normalized spacial score (nSPS) is 17.2. The summed E-state index contributed by atoms with van der Waals surface area (Å²) in [5.41, 5.74) is 3.37. The van der Waals surface area contributed by atoms with Crippen LogP contribution in [-0.2, 0) is 6.54 Å². The number of hydrogen-bond donors (Lipinski definition) is 1. The van der Waals surface area contributed by atoms with Gasteiger partial charge in [-0.3, -0.25) is 19.8 Å². The summed E-state index contributed by atoms with van der Waals surface area (Å²) in [4.78, 5) is 28.1. The van der Waals surface area contributed by atoms with Gasteiger partial charge in [0.1, 0.15) is 5.69 Å². The van der Waals surface area contributed by atoms with Gasteiger partial charge in [0, 0.05) is 50.4 Å². The summed E-state index contributed by atoms with van der Waals surface area (Å²) in [6.07, 6.45) is 2.06. The highest BCUT2D eigenvalue weighted by molar-refractivity contribution is 5.95. The van der Waals surface area contributed by atoms with Crippen molar-refractivity contribution in [2.45, 2.75) is 32.4 Å². The van der Waals surface area contributed by atoms with Crippen LogP contribution in [0.4, 0.5) is 11.4 Å². The number of nitrogens with zero attached hydrogens (tertiary/aromatic N) is 3. The van der Waals surface area contributed by atoms with Gasteiger partial charge in [-0.15, -0.1) is 0 Å². The van der Waals surface area contributed by atoms with Gasteiger partial charge < -0.3 is 10.2 Å². The summed E-state index contributed by atoms with van der Waals surface area (Å²) in [7, 11) is 0. The molecule has 1 aliphatic heterocycles. The Hall–Kier alpha value is -2.93. The fourth-order valence-electron chi connectivity index (χ4n) is 3.75. The molecule has 0 unspecified atom stereocenters. The maximum absolute atomic E-state index is 12.9. The minimum absolute atomic E-state index is 0.0270. The van der Waals surface area contributed by atoms with Crippen LogP contribution in [0.3, 0.4) is 0 Å². The molecule has 2 aromatic carbocycles. The van der Waals surface area contributed by atoms with Crippen molar-refractivity contribution < 1.29 is 9.72 Å². The number of carbonyl (C=O) groups excluding carboxylic acids is 1. The SMILES string of the molecule is Cc1cccc(CN2CCN(C(=O)c3ccc(NC4CC4)c([N+](=O)[O-])c3)CC2)c1. The number of amides is 1. The van der Waals surface area contributed by atoms with Crippen molar-refractivity contribution in [3.05, 3.63) is 69.3 Å². The topological polar surface area (TPSA) is 78.7 Å². The number of hydrogen-bond acceptors (Lipinski definition) is 5. The number of nitrogens with one attached hydrogen (secondary N) is 1. The molecule has 1 saturated carbocycles. The Balaban J connectivity index is 1.39. The van der Waals surface area contributed by atoms with Crippen molar-refractivity contribution in [1.82, 2.24) is 9.80 Å². The number of anilines is 1. The number of nitro benzene ring substituents is 1. The Kier molecular flexibility index (Phi) is 5.49. The van der Waals surface area contributed by atoms with Crippen LogP contribution in [-0.4, -0.2) is 52.9 Å². The van der Waals surface area contributed by atoms with E-state index in [0.29, 0.717) is 30.4 Å². The second-order valence-electron chi connectivity index (χ2n) is 7.97. The molecule has 7 nitrogen and oxygen atoms in total. The molecule has 2 fully saturated rings. The highest BCUT2D eigenvalue weighted by Gasteiger charge is 2.27. The van der Waals surface area contributed by atoms with Crippen LogP contribution in [0.1, 0.15) is 34.3 Å². The molecule has 0 atom stereocenters. The van der Waals surface area contributed by atoms with E-state index in [1.54, 1.807) is 17.0 Å². The number of carbonyl (C=O) groups is 1. The van der Waals surface area contributed by atoms with E-state index in [9.17, 15) is 14.9 Å². The molecular weight excluding hydrogens is 368 g/mol. The number of piperazine rings is 1. The highest BCUT2D eigenvalue weighted by atomic mass is 16.6. The second kappa shape index (κ2) is 8.21. The van der Waals surface area contributed by atoms with Crippen LogP contribution in [0.5, 0.6) is 0 Å². The lowest BCUT2D eigenvalue weighted by molar-refractivity contribution is -0.384. The maximum atomic E-state index is 12.9. The lowest BCUT2D eigenvalue weighted by Gasteiger charge is -2.34. The first-order valence-corrected chi connectivity index (χ1v) is 10.1. The third-order valence-electron chi connectivity index (χ3n) is 5.53. The summed E-state index contributed by atoms with van der Waals surface area (Å²) < 4.78 is 0. The fourth-order valence-corrected chi connectivity index (χ4v) is 3.75. The smallest absolute Gasteiger partial charge is 0.293 e. The first-order chi connectivity index (χ1) is 14.0. The molecular formula is C22H26N4O3. The summed E-state index contributed by atoms with van der Waals surface area (Å²) in [5, 5.41) is 14.6. The molecule has 0 spiro atoms. The summed E-state index contributed by atoms with van der Waals surface area (Å²) >= 11 is 0. The Morgan fingerprint density at radius 2 is 1.90 bits per heavy atom. The van der Waals surface area contributed by atoms with E-state index in [1.165, 1.54) is 17.2 Å². The van der Waals surface area contributed by atoms with Crippen molar-refractivity contribution >= 4 is 17.3 Å². The van der Waals surface area contributed by atoms with E-state index < -0.39 is 4.92 Å². The highest BCUT2D eigenvalue weighted by Crippen LogP contribution is 2.32. The van der Waals surface area contributed by atoms with E-state index >= 15 is 0 Å². The van der Waals surface area contributed by atoms with Gasteiger partial charge in [-0.05, 0) is 37.5 Å². The Morgan fingerprint density at radius 1 is 1.14 bits per heavy atom. The molecule has 0 bridgehead atoms. The van der Waals surface area contributed by atoms with Crippen molar-refractivity contribution in [3.63, 3.8) is 0 Å². The van der Waals surface area contributed by atoms with Gasteiger partial charge in [0.2, 0.25) is 0 Å². The lowest BCUT2D eigenvalue weighted by Crippen LogP contribution is -2.48. The molecule has 2 aliphatic rings. The monoisotopic (exact) mass is 394 g/mol. The Bertz CT molecular complexity index is 918. The van der Waals surface area contributed by atoms with E-state index in [-0.39, 0.29) is 11.6 Å². The van der Waals surface area contributed by atoms with Crippen LogP contribution < -0.4 is 5.32 Å². The third kappa shape index (κ3) is 4.74. The van der Waals surface area contributed by atoms with E-state index in [4.69, 9.17) is 0 Å². The molecule has 152 valence electrons. The predicted molar refractivity (Wildman–Crippen MR) is 112 cm³/mol. The first-order valence-electron chi connectivity index (χ1n) is 10.1. The van der Waals surface area contributed by atoms with E-state index in [1.807, 2.05) is 0 Å². The molecule has 2 aromatic rings. The van der Waals surface area contributed by atoms with Crippen molar-refractivity contribution in [2.24, 2.45) is 0 Å². The molecule has 0 aromatic heterocycles. The molecule has 1 aliphatic carbocycles. The van der Waals surface area contributed by atoms with Crippen molar-refractivity contribution in [1.29, 1.82) is 0 Å². The van der Waals surface area contributed by atoms with Gasteiger partial charge in [0.05, 0.1) is 4.92 Å². The zero-order valence-corrected chi connectivity index (χ0v) is 16.6. The number of aryl methyl sites for hydroxylation is 1. The minimum atomic E-state index is -0.415. The summed E-state index contributed by atoms with van der Waals surface area (Å²) in [6.45, 7) is 5.80. The van der Waals surface area contributed by atoms with Crippen molar-refractivity contribution in [3.8, 4) is 0 Å². The zero-order valence-electron chi connectivity index (χ0n) is 16.6. The van der Waals surface area contributed by atoms with Gasteiger partial charge in [-0.2, -0.15) is 0 Å². The molecule has 4 rings (SSSR count). The van der Waals surface area contributed by atoms with Gasteiger partial charge >= 0.3 is 0 Å². The van der Waals surface area contributed by atoms with Crippen LogP contribution in [0, 0.1) is 17.0 Å². The van der Waals surface area contributed by atoms with E-state index in [2.05, 4.69) is 41.4 Å². The molecule has 0 radical (unpaired) electrons. The van der Waals surface area contributed by atoms with Crippen molar-refractivity contribution in [2.75, 3.05) is 31.5 Å². The van der Waals surface area contributed by atoms with Gasteiger partial charge in [-0.1, -0.05) is 29.8 Å². The van der Waals surface area contributed by atoms with Gasteiger partial charge in [0.15, 0.2) is 0 Å². The molecule has 7 heteroatoms. The fraction of sp³-hybridized carbons (Fsp3) is 0.409. The number of benzene rings is 2. The predicted octanol–water partition coefficient (Wildman–Crippen LogP) is 3.44. The quantitative estimate of drug-likeness (QED) is 0.600. The maximum Gasteiger partial charge on any atom is 0.293 e. The largest absolute Gasteiger partial charge is 0.377 e. The number of nitro groups is 1. The molecule has 1 saturated heterocycles. The van der Waals surface area contributed by atoms with Crippen LogP contribution >= 0.6 is 0 Å². The van der Waals surface area contributed by atoms with Crippen LogP contribution in [0.15, 0.2) is 42.5 Å². The van der Waals surface area contributed by atoms with Crippen LogP contribution in [0.25, 0.3) is 0 Å². The average molecular weight is 394 g/mol. The molecule has 1 heterocycles. The molecule has 29 heavy (non-hydrogen) atoms. The molecule has 1 N–H and O–H groups in total. The first kappa shape index (κ1) is 19.4.